The molecule has 18 heavy (non-hydrogen) atoms. The van der Waals surface area contributed by atoms with Crippen molar-refractivity contribution in [1.82, 2.24) is 4.90 Å². The van der Waals surface area contributed by atoms with Gasteiger partial charge in [-0.05, 0) is 59.9 Å². The fourth-order valence-electron chi connectivity index (χ4n) is 3.15. The van der Waals surface area contributed by atoms with E-state index < -0.39 is 0 Å². The maximum Gasteiger partial charge on any atom is 0.0522 e. The molecular weight excluding hydrogens is 356 g/mol. The van der Waals surface area contributed by atoms with Crippen LogP contribution in [0, 0.1) is 0 Å². The van der Waals surface area contributed by atoms with Crippen LogP contribution in [0.2, 0.25) is 0 Å². The third-order valence-electron chi connectivity index (χ3n) is 4.05. The minimum atomic E-state index is 0.762. The number of benzene rings is 1. The Bertz CT molecular complexity index is 436. The number of nitrogens with zero attached hydrogens (tertiary/aromatic N) is 2. The molecule has 1 atom stereocenters. The highest BCUT2D eigenvalue weighted by Crippen LogP contribution is 2.32. The summed E-state index contributed by atoms with van der Waals surface area (Å²) in [7, 11) is 0. The molecule has 98 valence electrons. The molecule has 0 spiro atoms. The van der Waals surface area contributed by atoms with Crippen molar-refractivity contribution in [3.05, 3.63) is 27.1 Å². The van der Waals surface area contributed by atoms with E-state index in [0.29, 0.717) is 0 Å². The highest BCUT2D eigenvalue weighted by atomic mass is 79.9. The number of halogens is 2. The van der Waals surface area contributed by atoms with Gasteiger partial charge in [0.1, 0.15) is 0 Å². The van der Waals surface area contributed by atoms with Gasteiger partial charge in [0.2, 0.25) is 0 Å². The van der Waals surface area contributed by atoms with Crippen LogP contribution in [-0.2, 0) is 0 Å². The van der Waals surface area contributed by atoms with Crippen LogP contribution in [0.4, 0.5) is 5.69 Å². The molecule has 2 saturated heterocycles. The van der Waals surface area contributed by atoms with Gasteiger partial charge in [-0.2, -0.15) is 0 Å². The molecule has 0 aliphatic carbocycles. The highest BCUT2D eigenvalue weighted by molar-refractivity contribution is 9.11. The molecule has 0 saturated carbocycles. The first-order chi connectivity index (χ1) is 8.74. The Labute approximate surface area is 126 Å². The molecule has 2 aliphatic heterocycles. The molecule has 0 bridgehead atoms. The SMILES string of the molecule is Brc1ccc(Br)c(N2CCCN3CCCC3C2)c1. The lowest BCUT2D eigenvalue weighted by Crippen LogP contribution is -2.36. The smallest absolute Gasteiger partial charge is 0.0522 e. The molecule has 0 amide bonds. The van der Waals surface area contributed by atoms with Crippen molar-refractivity contribution in [2.45, 2.75) is 25.3 Å². The van der Waals surface area contributed by atoms with Gasteiger partial charge >= 0.3 is 0 Å². The zero-order chi connectivity index (χ0) is 12.5. The zero-order valence-electron chi connectivity index (χ0n) is 10.4. The summed E-state index contributed by atoms with van der Waals surface area (Å²) in [4.78, 5) is 5.22. The fourth-order valence-corrected chi connectivity index (χ4v) is 4.00. The molecule has 2 fully saturated rings. The van der Waals surface area contributed by atoms with Crippen molar-refractivity contribution in [3.63, 3.8) is 0 Å². The summed E-state index contributed by atoms with van der Waals surface area (Å²) in [6.45, 7) is 4.92. The Morgan fingerprint density at radius 1 is 1.06 bits per heavy atom. The van der Waals surface area contributed by atoms with Gasteiger partial charge in [0.05, 0.1) is 5.69 Å². The van der Waals surface area contributed by atoms with E-state index in [0.717, 1.165) is 10.5 Å². The Balaban J connectivity index is 1.84. The van der Waals surface area contributed by atoms with E-state index in [2.05, 4.69) is 59.9 Å². The Kier molecular flexibility index (Phi) is 3.97. The monoisotopic (exact) mass is 372 g/mol. The van der Waals surface area contributed by atoms with Gasteiger partial charge in [0.25, 0.3) is 0 Å². The first-order valence-electron chi connectivity index (χ1n) is 6.68. The van der Waals surface area contributed by atoms with Gasteiger partial charge in [0, 0.05) is 34.6 Å². The van der Waals surface area contributed by atoms with Crippen LogP contribution in [0.25, 0.3) is 0 Å². The van der Waals surface area contributed by atoms with Crippen molar-refractivity contribution in [2.24, 2.45) is 0 Å². The van der Waals surface area contributed by atoms with E-state index in [1.54, 1.807) is 0 Å². The minimum absolute atomic E-state index is 0.762. The quantitative estimate of drug-likeness (QED) is 0.736. The molecule has 2 aliphatic rings. The van der Waals surface area contributed by atoms with Gasteiger partial charge < -0.3 is 4.90 Å². The summed E-state index contributed by atoms with van der Waals surface area (Å²) in [5, 5.41) is 0. The predicted molar refractivity (Wildman–Crippen MR) is 83.3 cm³/mol. The number of rotatable bonds is 1. The standard InChI is InChI=1S/C14H18Br2N2/c15-11-4-5-13(16)14(9-11)18-8-2-7-17-6-1-3-12(17)10-18/h4-5,9,12H,1-3,6-8,10H2. The molecular formula is C14H18Br2N2. The molecule has 1 aromatic rings. The van der Waals surface area contributed by atoms with Crippen LogP contribution in [0.3, 0.4) is 0 Å². The molecule has 1 unspecified atom stereocenters. The third kappa shape index (κ3) is 2.61. The molecule has 2 nitrogen and oxygen atoms in total. The molecule has 4 heteroatoms. The second-order valence-electron chi connectivity index (χ2n) is 5.23. The van der Waals surface area contributed by atoms with Crippen molar-refractivity contribution in [1.29, 1.82) is 0 Å². The second kappa shape index (κ2) is 5.51. The Morgan fingerprint density at radius 2 is 1.89 bits per heavy atom. The highest BCUT2D eigenvalue weighted by Gasteiger charge is 2.29. The number of hydrogen-bond donors (Lipinski definition) is 0. The van der Waals surface area contributed by atoms with Crippen molar-refractivity contribution in [3.8, 4) is 0 Å². The summed E-state index contributed by atoms with van der Waals surface area (Å²) in [6.07, 6.45) is 4.01. The third-order valence-corrected chi connectivity index (χ3v) is 5.22. The van der Waals surface area contributed by atoms with Gasteiger partial charge in [-0.1, -0.05) is 15.9 Å². The molecule has 1 aromatic carbocycles. The maximum absolute atomic E-state index is 3.69. The van der Waals surface area contributed by atoms with E-state index in [1.807, 2.05) is 0 Å². The lowest BCUT2D eigenvalue weighted by molar-refractivity contribution is 0.273. The van der Waals surface area contributed by atoms with Gasteiger partial charge in [0.15, 0.2) is 0 Å². The Hall–Kier alpha value is -0.0600. The minimum Gasteiger partial charge on any atom is -0.369 e. The summed E-state index contributed by atoms with van der Waals surface area (Å²) in [5.41, 5.74) is 1.33. The van der Waals surface area contributed by atoms with Crippen LogP contribution in [0.15, 0.2) is 27.1 Å². The summed E-state index contributed by atoms with van der Waals surface area (Å²) in [5.74, 6) is 0. The van der Waals surface area contributed by atoms with E-state index in [1.165, 1.54) is 55.6 Å². The molecule has 0 aromatic heterocycles. The second-order valence-corrected chi connectivity index (χ2v) is 7.00. The topological polar surface area (TPSA) is 6.48 Å². The first-order valence-corrected chi connectivity index (χ1v) is 8.27. The van der Waals surface area contributed by atoms with Crippen molar-refractivity contribution < 1.29 is 0 Å². The van der Waals surface area contributed by atoms with Crippen LogP contribution in [-0.4, -0.2) is 37.1 Å². The van der Waals surface area contributed by atoms with Crippen molar-refractivity contribution >= 4 is 37.5 Å². The maximum atomic E-state index is 3.69. The van der Waals surface area contributed by atoms with E-state index in [4.69, 9.17) is 0 Å². The van der Waals surface area contributed by atoms with Crippen molar-refractivity contribution in [2.75, 3.05) is 31.1 Å². The predicted octanol–water partition coefficient (Wildman–Crippen LogP) is 3.89. The number of hydrogen-bond acceptors (Lipinski definition) is 2. The average Bonchev–Trinajstić information content (AvgIpc) is 2.70. The van der Waals surface area contributed by atoms with E-state index in [9.17, 15) is 0 Å². The van der Waals surface area contributed by atoms with E-state index >= 15 is 0 Å². The summed E-state index contributed by atoms with van der Waals surface area (Å²) in [6, 6.07) is 7.22. The molecule has 0 radical (unpaired) electrons. The van der Waals surface area contributed by atoms with Crippen LogP contribution in [0.5, 0.6) is 0 Å². The zero-order valence-corrected chi connectivity index (χ0v) is 13.6. The lowest BCUT2D eigenvalue weighted by atomic mass is 10.2. The first kappa shape index (κ1) is 12.9. The number of anilines is 1. The van der Waals surface area contributed by atoms with Gasteiger partial charge in [-0.25, -0.2) is 0 Å². The summed E-state index contributed by atoms with van der Waals surface area (Å²) < 4.78 is 2.37. The van der Waals surface area contributed by atoms with Crippen LogP contribution in [0.1, 0.15) is 19.3 Å². The van der Waals surface area contributed by atoms with E-state index in [-0.39, 0.29) is 0 Å². The normalized spacial score (nSPS) is 25.0. The molecule has 3 rings (SSSR count). The van der Waals surface area contributed by atoms with Gasteiger partial charge in [-0.15, -0.1) is 0 Å². The largest absolute Gasteiger partial charge is 0.369 e. The number of fused-ring (bicyclic) bond motifs is 1. The van der Waals surface area contributed by atoms with Crippen LogP contribution < -0.4 is 4.90 Å². The van der Waals surface area contributed by atoms with Gasteiger partial charge in [-0.3, -0.25) is 4.90 Å². The Morgan fingerprint density at radius 3 is 2.78 bits per heavy atom. The lowest BCUT2D eigenvalue weighted by Gasteiger charge is -2.28. The fraction of sp³-hybridized carbons (Fsp3) is 0.571. The summed E-state index contributed by atoms with van der Waals surface area (Å²) >= 11 is 7.27. The average molecular weight is 374 g/mol. The molecule has 0 N–H and O–H groups in total. The molecule has 2 heterocycles. The van der Waals surface area contributed by atoms with Crippen LogP contribution >= 0.6 is 31.9 Å².